The van der Waals surface area contributed by atoms with Crippen LogP contribution in [-0.2, 0) is 11.4 Å². The number of carboxylic acids is 1. The number of aryl methyl sites for hydroxylation is 1. The molecule has 0 saturated carbocycles. The summed E-state index contributed by atoms with van der Waals surface area (Å²) in [5.41, 5.74) is 3.75. The van der Waals surface area contributed by atoms with Crippen LogP contribution < -0.4 is 4.74 Å². The van der Waals surface area contributed by atoms with Crippen LogP contribution in [0.2, 0.25) is 0 Å². The van der Waals surface area contributed by atoms with Gasteiger partial charge in [0.2, 0.25) is 0 Å². The van der Waals surface area contributed by atoms with Gasteiger partial charge in [-0.2, -0.15) is 0 Å². The Morgan fingerprint density at radius 1 is 1.09 bits per heavy atom. The summed E-state index contributed by atoms with van der Waals surface area (Å²) >= 11 is 1.25. The monoisotopic (exact) mass is 458 g/mol. The van der Waals surface area contributed by atoms with Gasteiger partial charge in [0.05, 0.1) is 16.2 Å². The molecule has 1 fully saturated rings. The minimum atomic E-state index is -1.02. The lowest BCUT2D eigenvalue weighted by atomic mass is 10.1. The Bertz CT molecular complexity index is 1270. The van der Waals surface area contributed by atoms with E-state index in [0.29, 0.717) is 28.1 Å². The molecule has 0 bridgehead atoms. The maximum Gasteiger partial charge on any atom is 0.335 e. The second-order valence-electron chi connectivity index (χ2n) is 7.57. The number of benzene rings is 3. The molecule has 3 aromatic rings. The van der Waals surface area contributed by atoms with Crippen molar-refractivity contribution in [1.29, 1.82) is 0 Å². The highest BCUT2D eigenvalue weighted by atomic mass is 32.2. The first kappa shape index (κ1) is 22.4. The zero-order valence-electron chi connectivity index (χ0n) is 18.2. The van der Waals surface area contributed by atoms with E-state index in [1.807, 2.05) is 43.3 Å². The number of aromatic carboxylic acids is 1. The molecule has 0 radical (unpaired) electrons. The Morgan fingerprint density at radius 3 is 2.61 bits per heavy atom. The number of aliphatic imine (C=N–C) groups is 1. The number of nitrogens with zero attached hydrogens (tertiary/aromatic N) is 2. The van der Waals surface area contributed by atoms with Gasteiger partial charge in [0.15, 0.2) is 5.17 Å². The van der Waals surface area contributed by atoms with Gasteiger partial charge in [0.25, 0.3) is 5.91 Å². The number of likely N-dealkylation sites (N-methyl/N-ethyl adjacent to an activating group) is 1. The summed E-state index contributed by atoms with van der Waals surface area (Å²) in [4.78, 5) is 30.4. The van der Waals surface area contributed by atoms with Crippen LogP contribution in [0.3, 0.4) is 0 Å². The number of carbonyl (C=O) groups excluding carboxylic acids is 1. The molecule has 0 aromatic heterocycles. The van der Waals surface area contributed by atoms with Crippen LogP contribution >= 0.6 is 11.8 Å². The van der Waals surface area contributed by atoms with Crippen molar-refractivity contribution in [2.45, 2.75) is 13.5 Å². The molecule has 0 aliphatic carbocycles. The first-order valence-electron chi connectivity index (χ1n) is 10.3. The average Bonchev–Trinajstić information content (AvgIpc) is 3.07. The van der Waals surface area contributed by atoms with Crippen LogP contribution in [-0.4, -0.2) is 34.1 Å². The zero-order chi connectivity index (χ0) is 23.4. The number of hydrogen-bond acceptors (Lipinski definition) is 5. The fourth-order valence-electron chi connectivity index (χ4n) is 3.17. The van der Waals surface area contributed by atoms with Gasteiger partial charge in [0, 0.05) is 7.05 Å². The van der Waals surface area contributed by atoms with Crippen molar-refractivity contribution in [3.63, 3.8) is 0 Å². The van der Waals surface area contributed by atoms with Gasteiger partial charge in [-0.1, -0.05) is 48.0 Å². The third-order valence-corrected chi connectivity index (χ3v) is 6.06. The highest BCUT2D eigenvalue weighted by Gasteiger charge is 2.30. The normalized spacial score (nSPS) is 15.9. The zero-order valence-corrected chi connectivity index (χ0v) is 19.0. The van der Waals surface area contributed by atoms with E-state index in [-0.39, 0.29) is 11.5 Å². The summed E-state index contributed by atoms with van der Waals surface area (Å²) in [5.74, 6) is -0.474. The van der Waals surface area contributed by atoms with Crippen molar-refractivity contribution >= 4 is 40.6 Å². The Labute approximate surface area is 196 Å². The number of ether oxygens (including phenoxy) is 1. The largest absolute Gasteiger partial charge is 0.489 e. The van der Waals surface area contributed by atoms with E-state index in [9.17, 15) is 9.59 Å². The minimum absolute atomic E-state index is 0.145. The van der Waals surface area contributed by atoms with Gasteiger partial charge in [-0.15, -0.1) is 0 Å². The number of thioether (sulfide) groups is 1. The summed E-state index contributed by atoms with van der Waals surface area (Å²) in [6.07, 6.45) is 1.80. The second-order valence-corrected chi connectivity index (χ2v) is 8.58. The molecule has 1 aliphatic rings. The number of amides is 1. The van der Waals surface area contributed by atoms with Crippen LogP contribution in [0, 0.1) is 6.92 Å². The first-order valence-corrected chi connectivity index (χ1v) is 11.1. The lowest BCUT2D eigenvalue weighted by molar-refractivity contribution is -0.121. The Hall–Kier alpha value is -3.84. The SMILES string of the molecule is Cc1ccc(COc2cccc(/C=C3\SC(=Nc4cccc(C(=O)O)c4)N(C)C3=O)c2)cc1. The van der Waals surface area contributed by atoms with E-state index in [1.54, 1.807) is 25.3 Å². The lowest BCUT2D eigenvalue weighted by Gasteiger charge is -2.08. The number of carboxylic acid groups (broad SMARTS) is 1. The van der Waals surface area contributed by atoms with Crippen LogP contribution in [0.25, 0.3) is 6.08 Å². The van der Waals surface area contributed by atoms with E-state index >= 15 is 0 Å². The van der Waals surface area contributed by atoms with Gasteiger partial charge in [-0.25, -0.2) is 9.79 Å². The van der Waals surface area contributed by atoms with Crippen molar-refractivity contribution in [2.75, 3.05) is 7.05 Å². The summed E-state index contributed by atoms with van der Waals surface area (Å²) in [5, 5.41) is 9.66. The molecule has 1 amide bonds. The fourth-order valence-corrected chi connectivity index (χ4v) is 4.15. The predicted molar refractivity (Wildman–Crippen MR) is 131 cm³/mol. The summed E-state index contributed by atoms with van der Waals surface area (Å²) < 4.78 is 5.91. The van der Waals surface area contributed by atoms with Gasteiger partial charge in [-0.05, 0) is 66.2 Å². The number of amidine groups is 1. The highest BCUT2D eigenvalue weighted by Crippen LogP contribution is 2.33. The average molecular weight is 459 g/mol. The van der Waals surface area contributed by atoms with E-state index < -0.39 is 5.97 Å². The first-order chi connectivity index (χ1) is 15.9. The van der Waals surface area contributed by atoms with Gasteiger partial charge in [0.1, 0.15) is 12.4 Å². The molecular formula is C26H22N2O4S. The predicted octanol–water partition coefficient (Wildman–Crippen LogP) is 5.51. The van der Waals surface area contributed by atoms with E-state index in [0.717, 1.165) is 11.1 Å². The molecule has 1 N–H and O–H groups in total. The smallest absolute Gasteiger partial charge is 0.335 e. The van der Waals surface area contributed by atoms with Crippen LogP contribution in [0.4, 0.5) is 5.69 Å². The third kappa shape index (κ3) is 5.51. The molecule has 4 rings (SSSR count). The highest BCUT2D eigenvalue weighted by molar-refractivity contribution is 8.18. The van der Waals surface area contributed by atoms with Crippen molar-refractivity contribution in [3.8, 4) is 5.75 Å². The summed E-state index contributed by atoms with van der Waals surface area (Å²) in [6, 6.07) is 22.1. The second kappa shape index (κ2) is 9.75. The molecule has 0 atom stereocenters. The van der Waals surface area contributed by atoms with E-state index in [4.69, 9.17) is 9.84 Å². The van der Waals surface area contributed by atoms with Gasteiger partial charge < -0.3 is 9.84 Å². The standard InChI is InChI=1S/C26H22N2O4S/c1-17-9-11-18(12-10-17)16-32-22-8-3-5-19(13-22)14-23-24(29)28(2)26(33-23)27-21-7-4-6-20(15-21)25(30)31/h3-15H,16H2,1-2H3,(H,30,31)/b23-14-,27-26?. The third-order valence-electron chi connectivity index (χ3n) is 5.00. The molecule has 0 spiro atoms. The van der Waals surface area contributed by atoms with Crippen molar-refractivity contribution < 1.29 is 19.4 Å². The molecule has 3 aromatic carbocycles. The molecule has 1 saturated heterocycles. The molecule has 1 aliphatic heterocycles. The maximum atomic E-state index is 12.7. The summed E-state index contributed by atoms with van der Waals surface area (Å²) in [7, 11) is 1.65. The van der Waals surface area contributed by atoms with Crippen LogP contribution in [0.15, 0.2) is 82.7 Å². The Balaban J connectivity index is 1.50. The summed E-state index contributed by atoms with van der Waals surface area (Å²) in [6.45, 7) is 2.51. The Kier molecular flexibility index (Phi) is 6.60. The van der Waals surface area contributed by atoms with Crippen molar-refractivity contribution in [1.82, 2.24) is 4.90 Å². The van der Waals surface area contributed by atoms with Crippen LogP contribution in [0.1, 0.15) is 27.0 Å². The maximum absolute atomic E-state index is 12.7. The lowest BCUT2D eigenvalue weighted by Crippen LogP contribution is -2.23. The molecule has 6 nitrogen and oxygen atoms in total. The van der Waals surface area contributed by atoms with E-state index in [1.165, 1.54) is 34.4 Å². The molecule has 166 valence electrons. The minimum Gasteiger partial charge on any atom is -0.489 e. The van der Waals surface area contributed by atoms with Gasteiger partial charge >= 0.3 is 5.97 Å². The topological polar surface area (TPSA) is 79.2 Å². The number of carbonyl (C=O) groups is 2. The molecule has 7 heteroatoms. The molecule has 1 heterocycles. The van der Waals surface area contributed by atoms with Crippen molar-refractivity contribution in [2.24, 2.45) is 4.99 Å². The number of rotatable bonds is 6. The molecular weight excluding hydrogens is 436 g/mol. The van der Waals surface area contributed by atoms with Crippen LogP contribution in [0.5, 0.6) is 5.75 Å². The molecule has 0 unspecified atom stereocenters. The van der Waals surface area contributed by atoms with Crippen molar-refractivity contribution in [3.05, 3.63) is 100.0 Å². The van der Waals surface area contributed by atoms with Gasteiger partial charge in [-0.3, -0.25) is 9.69 Å². The Morgan fingerprint density at radius 2 is 1.85 bits per heavy atom. The fraction of sp³-hybridized carbons (Fsp3) is 0.115. The quantitative estimate of drug-likeness (QED) is 0.493. The molecule has 33 heavy (non-hydrogen) atoms. The van der Waals surface area contributed by atoms with E-state index in [2.05, 4.69) is 17.1 Å². The number of hydrogen-bond donors (Lipinski definition) is 1.